The molecule has 2 aromatic heterocycles. The summed E-state index contributed by atoms with van der Waals surface area (Å²) in [6, 6.07) is 32.6. The molecule has 3 aromatic carbocycles. The quantitative estimate of drug-likeness (QED) is 0.308. The van der Waals surface area contributed by atoms with Crippen LogP contribution in [0.4, 0.5) is 17.5 Å². The molecule has 0 atom stereocenters. The lowest BCUT2D eigenvalue weighted by atomic mass is 10.0. The Morgan fingerprint density at radius 2 is 1.32 bits per heavy atom. The van der Waals surface area contributed by atoms with Crippen molar-refractivity contribution in [1.82, 2.24) is 19.9 Å². The summed E-state index contributed by atoms with van der Waals surface area (Å²) in [4.78, 5) is 18.1. The van der Waals surface area contributed by atoms with Crippen LogP contribution in [0.5, 0.6) is 0 Å². The molecular formula is C28H24N6. The monoisotopic (exact) mass is 444 g/mol. The Balaban J connectivity index is 1.28. The number of para-hydroxylation sites is 1. The van der Waals surface area contributed by atoms with E-state index in [0.717, 1.165) is 22.4 Å². The number of aromatic nitrogens is 4. The van der Waals surface area contributed by atoms with Crippen molar-refractivity contribution in [2.24, 2.45) is 0 Å². The van der Waals surface area contributed by atoms with Gasteiger partial charge < -0.3 is 10.6 Å². The van der Waals surface area contributed by atoms with Crippen LogP contribution in [0.2, 0.25) is 0 Å². The zero-order valence-corrected chi connectivity index (χ0v) is 18.8. The molecule has 0 aliphatic rings. The van der Waals surface area contributed by atoms with Crippen LogP contribution in [0, 0.1) is 6.92 Å². The summed E-state index contributed by atoms with van der Waals surface area (Å²) in [6.07, 6.45) is 1.84. The summed E-state index contributed by atoms with van der Waals surface area (Å²) in [5.74, 6) is 2.42. The third-order valence-corrected chi connectivity index (χ3v) is 5.33. The number of hydrogen-bond acceptors (Lipinski definition) is 6. The molecule has 34 heavy (non-hydrogen) atoms. The van der Waals surface area contributed by atoms with E-state index in [2.05, 4.69) is 54.8 Å². The van der Waals surface area contributed by atoms with Gasteiger partial charge >= 0.3 is 0 Å². The molecule has 166 valence electrons. The van der Waals surface area contributed by atoms with Gasteiger partial charge in [-0.15, -0.1) is 0 Å². The summed E-state index contributed by atoms with van der Waals surface area (Å²) >= 11 is 0. The topological polar surface area (TPSA) is 75.6 Å². The molecule has 0 bridgehead atoms. The number of benzene rings is 3. The lowest BCUT2D eigenvalue weighted by Gasteiger charge is -2.09. The van der Waals surface area contributed by atoms with Crippen molar-refractivity contribution in [3.05, 3.63) is 115 Å². The van der Waals surface area contributed by atoms with Crippen molar-refractivity contribution in [1.29, 1.82) is 0 Å². The van der Waals surface area contributed by atoms with Gasteiger partial charge in [0.15, 0.2) is 5.82 Å². The van der Waals surface area contributed by atoms with Crippen LogP contribution < -0.4 is 10.6 Å². The van der Waals surface area contributed by atoms with Crippen LogP contribution >= 0.6 is 0 Å². The van der Waals surface area contributed by atoms with Gasteiger partial charge in [-0.1, -0.05) is 78.9 Å². The van der Waals surface area contributed by atoms with Gasteiger partial charge in [0.1, 0.15) is 11.6 Å². The summed E-state index contributed by atoms with van der Waals surface area (Å²) in [6.45, 7) is 2.56. The summed E-state index contributed by atoms with van der Waals surface area (Å²) in [7, 11) is 0. The van der Waals surface area contributed by atoms with E-state index < -0.39 is 0 Å². The zero-order chi connectivity index (χ0) is 23.2. The highest BCUT2D eigenvalue weighted by Gasteiger charge is 2.08. The largest absolute Gasteiger partial charge is 0.381 e. The Hall–Kier alpha value is -4.58. The summed E-state index contributed by atoms with van der Waals surface area (Å²) in [5.41, 5.74) is 5.43. The number of aryl methyl sites for hydroxylation is 1. The molecule has 0 aliphatic heterocycles. The minimum atomic E-state index is 0.470. The first-order valence-corrected chi connectivity index (χ1v) is 11.1. The number of nitrogens with zero attached hydrogens (tertiary/aromatic N) is 4. The summed E-state index contributed by atoms with van der Waals surface area (Å²) in [5, 5.41) is 6.58. The van der Waals surface area contributed by atoms with Crippen molar-refractivity contribution in [3.8, 4) is 22.5 Å². The maximum Gasteiger partial charge on any atom is 0.232 e. The molecule has 0 spiro atoms. The second-order valence-corrected chi connectivity index (χ2v) is 7.87. The molecular weight excluding hydrogens is 420 g/mol. The predicted octanol–water partition coefficient (Wildman–Crippen LogP) is 6.26. The van der Waals surface area contributed by atoms with E-state index in [-0.39, 0.29) is 0 Å². The van der Waals surface area contributed by atoms with Crippen LogP contribution in [0.15, 0.2) is 103 Å². The van der Waals surface area contributed by atoms with Gasteiger partial charge in [-0.05, 0) is 41.8 Å². The van der Waals surface area contributed by atoms with Gasteiger partial charge in [0.25, 0.3) is 0 Å². The molecule has 0 aliphatic carbocycles. The maximum atomic E-state index is 4.61. The number of hydrogen-bond donors (Lipinski definition) is 2. The van der Waals surface area contributed by atoms with Gasteiger partial charge in [0, 0.05) is 24.0 Å². The average molecular weight is 445 g/mol. The summed E-state index contributed by atoms with van der Waals surface area (Å²) < 4.78 is 0. The fourth-order valence-electron chi connectivity index (χ4n) is 3.59. The number of anilines is 3. The van der Waals surface area contributed by atoms with Crippen LogP contribution in [0.1, 0.15) is 11.4 Å². The first-order valence-electron chi connectivity index (χ1n) is 11.1. The molecule has 6 heteroatoms. The van der Waals surface area contributed by atoms with Gasteiger partial charge in [0.05, 0.1) is 0 Å². The standard InChI is InChI=1S/C28H24N6/c1-20-31-27(24-15-13-23(14-16-24)22-8-4-2-5-9-22)34-28(32-20)33-26-17-12-21(19-30-26)18-29-25-10-6-3-7-11-25/h2-17,19,29H,18H2,1H3,(H,30,31,32,33,34). The van der Waals surface area contributed by atoms with Crippen molar-refractivity contribution in [2.75, 3.05) is 10.6 Å². The van der Waals surface area contributed by atoms with Crippen molar-refractivity contribution >= 4 is 17.5 Å². The Kier molecular flexibility index (Phi) is 6.21. The first-order chi connectivity index (χ1) is 16.7. The lowest BCUT2D eigenvalue weighted by Crippen LogP contribution is -2.05. The van der Waals surface area contributed by atoms with Gasteiger partial charge in [-0.2, -0.15) is 9.97 Å². The van der Waals surface area contributed by atoms with Crippen molar-refractivity contribution < 1.29 is 0 Å². The molecule has 2 heterocycles. The van der Waals surface area contributed by atoms with Gasteiger partial charge in [0.2, 0.25) is 5.95 Å². The second kappa shape index (κ2) is 9.92. The lowest BCUT2D eigenvalue weighted by molar-refractivity contribution is 0.987. The molecule has 0 saturated heterocycles. The Labute approximate surface area is 198 Å². The maximum absolute atomic E-state index is 4.61. The Bertz CT molecular complexity index is 1350. The van der Waals surface area contributed by atoms with Crippen LogP contribution in [0.25, 0.3) is 22.5 Å². The third-order valence-electron chi connectivity index (χ3n) is 5.33. The number of rotatable bonds is 7. The average Bonchev–Trinajstić information content (AvgIpc) is 2.89. The van der Waals surface area contributed by atoms with Crippen molar-refractivity contribution in [2.45, 2.75) is 13.5 Å². The van der Waals surface area contributed by atoms with Crippen LogP contribution in [-0.2, 0) is 6.54 Å². The van der Waals surface area contributed by atoms with Crippen LogP contribution in [0.3, 0.4) is 0 Å². The molecule has 0 amide bonds. The molecule has 0 unspecified atom stereocenters. The second-order valence-electron chi connectivity index (χ2n) is 7.87. The van der Waals surface area contributed by atoms with Gasteiger partial charge in [-0.3, -0.25) is 0 Å². The highest BCUT2D eigenvalue weighted by atomic mass is 15.2. The van der Waals surface area contributed by atoms with E-state index >= 15 is 0 Å². The SMILES string of the molecule is Cc1nc(Nc2ccc(CNc3ccccc3)cn2)nc(-c2ccc(-c3ccccc3)cc2)n1. The van der Waals surface area contributed by atoms with E-state index in [0.29, 0.717) is 30.0 Å². The molecule has 0 fully saturated rings. The molecule has 6 nitrogen and oxygen atoms in total. The highest BCUT2D eigenvalue weighted by Crippen LogP contribution is 2.24. The van der Waals surface area contributed by atoms with E-state index in [9.17, 15) is 0 Å². The van der Waals surface area contributed by atoms with Gasteiger partial charge in [-0.25, -0.2) is 9.97 Å². The molecule has 5 rings (SSSR count). The number of nitrogens with one attached hydrogen (secondary N) is 2. The minimum absolute atomic E-state index is 0.470. The Morgan fingerprint density at radius 1 is 0.647 bits per heavy atom. The van der Waals surface area contributed by atoms with E-state index in [4.69, 9.17) is 0 Å². The predicted molar refractivity (Wildman–Crippen MR) is 137 cm³/mol. The molecule has 0 saturated carbocycles. The van der Waals surface area contributed by atoms with E-state index in [1.807, 2.05) is 85.9 Å². The first kappa shape index (κ1) is 21.3. The van der Waals surface area contributed by atoms with E-state index in [1.54, 1.807) is 0 Å². The smallest absolute Gasteiger partial charge is 0.232 e. The third kappa shape index (κ3) is 5.24. The molecule has 0 radical (unpaired) electrons. The number of pyridine rings is 1. The Morgan fingerprint density at radius 3 is 2.03 bits per heavy atom. The molecule has 5 aromatic rings. The van der Waals surface area contributed by atoms with Crippen molar-refractivity contribution in [3.63, 3.8) is 0 Å². The van der Waals surface area contributed by atoms with Crippen LogP contribution in [-0.4, -0.2) is 19.9 Å². The highest BCUT2D eigenvalue weighted by molar-refractivity contribution is 5.68. The fourth-order valence-corrected chi connectivity index (χ4v) is 3.59. The zero-order valence-electron chi connectivity index (χ0n) is 18.8. The van der Waals surface area contributed by atoms with E-state index in [1.165, 1.54) is 5.56 Å². The molecule has 2 N–H and O–H groups in total. The fraction of sp³-hybridized carbons (Fsp3) is 0.0714. The minimum Gasteiger partial charge on any atom is -0.381 e. The normalized spacial score (nSPS) is 10.6.